The van der Waals surface area contributed by atoms with Crippen molar-refractivity contribution in [3.05, 3.63) is 28.5 Å². The van der Waals surface area contributed by atoms with Crippen molar-refractivity contribution >= 4 is 11.6 Å². The number of ether oxygens (including phenoxy) is 1. The lowest BCUT2D eigenvalue weighted by Crippen LogP contribution is -2.18. The Labute approximate surface area is 101 Å². The van der Waals surface area contributed by atoms with Gasteiger partial charge in [-0.1, -0.05) is 18.5 Å². The third kappa shape index (κ3) is 3.65. The van der Waals surface area contributed by atoms with Crippen molar-refractivity contribution in [2.24, 2.45) is 5.73 Å². The molecule has 2 nitrogen and oxygen atoms in total. The van der Waals surface area contributed by atoms with Gasteiger partial charge < -0.3 is 10.5 Å². The fourth-order valence-corrected chi connectivity index (χ4v) is 1.72. The van der Waals surface area contributed by atoms with Crippen molar-refractivity contribution in [3.63, 3.8) is 0 Å². The van der Waals surface area contributed by atoms with Gasteiger partial charge in [-0.25, -0.2) is 4.39 Å². The zero-order valence-electron chi connectivity index (χ0n) is 9.59. The molecule has 0 radical (unpaired) electrons. The van der Waals surface area contributed by atoms with E-state index in [1.165, 1.54) is 12.1 Å². The molecule has 0 fully saturated rings. The third-order valence-corrected chi connectivity index (χ3v) is 2.44. The largest absolute Gasteiger partial charge is 0.493 e. The number of hydrogen-bond donors (Lipinski definition) is 1. The summed E-state index contributed by atoms with van der Waals surface area (Å²) in [4.78, 5) is 0. The van der Waals surface area contributed by atoms with Gasteiger partial charge >= 0.3 is 0 Å². The molecule has 16 heavy (non-hydrogen) atoms. The summed E-state index contributed by atoms with van der Waals surface area (Å²) in [7, 11) is 0. The van der Waals surface area contributed by atoms with E-state index >= 15 is 0 Å². The van der Waals surface area contributed by atoms with Crippen LogP contribution in [-0.4, -0.2) is 12.6 Å². The van der Waals surface area contributed by atoms with Gasteiger partial charge in [0.2, 0.25) is 0 Å². The average Bonchev–Trinajstić information content (AvgIpc) is 2.19. The van der Waals surface area contributed by atoms with Gasteiger partial charge in [0, 0.05) is 17.7 Å². The third-order valence-electron chi connectivity index (χ3n) is 2.11. The molecule has 0 aliphatic heterocycles. The minimum absolute atomic E-state index is 0.0352. The molecule has 0 amide bonds. The SMILES string of the molecule is CCCOc1cc(F)cc(Cl)c1CC(C)N. The molecule has 1 aromatic rings. The monoisotopic (exact) mass is 245 g/mol. The lowest BCUT2D eigenvalue weighted by molar-refractivity contribution is 0.312. The van der Waals surface area contributed by atoms with Gasteiger partial charge in [-0.05, 0) is 25.8 Å². The highest BCUT2D eigenvalue weighted by Crippen LogP contribution is 2.29. The van der Waals surface area contributed by atoms with Gasteiger partial charge in [0.25, 0.3) is 0 Å². The van der Waals surface area contributed by atoms with Crippen LogP contribution in [0.15, 0.2) is 12.1 Å². The minimum atomic E-state index is -0.385. The van der Waals surface area contributed by atoms with Crippen molar-refractivity contribution in [2.45, 2.75) is 32.7 Å². The number of rotatable bonds is 5. The molecule has 0 heterocycles. The summed E-state index contributed by atoms with van der Waals surface area (Å²) in [5.74, 6) is 0.119. The van der Waals surface area contributed by atoms with Crippen LogP contribution in [0.25, 0.3) is 0 Å². The molecular weight excluding hydrogens is 229 g/mol. The van der Waals surface area contributed by atoms with E-state index in [2.05, 4.69) is 0 Å². The summed E-state index contributed by atoms with van der Waals surface area (Å²) < 4.78 is 18.6. The highest BCUT2D eigenvalue weighted by molar-refractivity contribution is 6.31. The molecule has 1 unspecified atom stereocenters. The van der Waals surface area contributed by atoms with Crippen LogP contribution < -0.4 is 10.5 Å². The number of halogens is 2. The first kappa shape index (κ1) is 13.3. The predicted octanol–water partition coefficient (Wildman–Crippen LogP) is 3.16. The highest BCUT2D eigenvalue weighted by atomic mass is 35.5. The normalized spacial score (nSPS) is 12.6. The van der Waals surface area contributed by atoms with Gasteiger partial charge in [-0.15, -0.1) is 0 Å². The Hall–Kier alpha value is -0.800. The fraction of sp³-hybridized carbons (Fsp3) is 0.500. The summed E-state index contributed by atoms with van der Waals surface area (Å²) in [6.07, 6.45) is 1.45. The molecule has 1 aromatic carbocycles. The van der Waals surface area contributed by atoms with Gasteiger partial charge in [0.1, 0.15) is 11.6 Å². The van der Waals surface area contributed by atoms with Crippen molar-refractivity contribution in [1.82, 2.24) is 0 Å². The topological polar surface area (TPSA) is 35.2 Å². The Kier molecular flexibility index (Phi) is 5.03. The second-order valence-corrected chi connectivity index (χ2v) is 4.30. The maximum absolute atomic E-state index is 13.2. The second-order valence-electron chi connectivity index (χ2n) is 3.89. The number of benzene rings is 1. The predicted molar refractivity (Wildman–Crippen MR) is 64.5 cm³/mol. The Balaban J connectivity index is 3.00. The van der Waals surface area contributed by atoms with Gasteiger partial charge in [0.15, 0.2) is 0 Å². The first-order valence-corrected chi connectivity index (χ1v) is 5.78. The standard InChI is InChI=1S/C12H17ClFNO/c1-3-4-16-12-7-9(14)6-11(13)10(12)5-8(2)15/h6-8H,3-5,15H2,1-2H3. The summed E-state index contributed by atoms with van der Waals surface area (Å²) in [5.41, 5.74) is 6.50. The molecule has 90 valence electrons. The van der Waals surface area contributed by atoms with E-state index < -0.39 is 0 Å². The zero-order valence-corrected chi connectivity index (χ0v) is 10.4. The van der Waals surface area contributed by atoms with Gasteiger partial charge in [-0.2, -0.15) is 0 Å². The lowest BCUT2D eigenvalue weighted by Gasteiger charge is -2.14. The minimum Gasteiger partial charge on any atom is -0.493 e. The average molecular weight is 246 g/mol. The quantitative estimate of drug-likeness (QED) is 0.865. The molecule has 0 saturated carbocycles. The first-order valence-electron chi connectivity index (χ1n) is 5.41. The number of hydrogen-bond acceptors (Lipinski definition) is 2. The second kappa shape index (κ2) is 6.06. The molecule has 0 saturated heterocycles. The smallest absolute Gasteiger partial charge is 0.128 e. The van der Waals surface area contributed by atoms with Crippen LogP contribution in [-0.2, 0) is 6.42 Å². The van der Waals surface area contributed by atoms with E-state index in [4.69, 9.17) is 22.1 Å². The van der Waals surface area contributed by atoms with Crippen LogP contribution in [0.3, 0.4) is 0 Å². The van der Waals surface area contributed by atoms with Crippen LogP contribution in [0.2, 0.25) is 5.02 Å². The molecule has 4 heteroatoms. The van der Waals surface area contributed by atoms with Crippen LogP contribution in [0.1, 0.15) is 25.8 Å². The maximum Gasteiger partial charge on any atom is 0.128 e. The molecule has 1 rings (SSSR count). The van der Waals surface area contributed by atoms with Crippen molar-refractivity contribution < 1.29 is 9.13 Å². The van der Waals surface area contributed by atoms with Crippen LogP contribution in [0.4, 0.5) is 4.39 Å². The van der Waals surface area contributed by atoms with Crippen LogP contribution >= 0.6 is 11.6 Å². The van der Waals surface area contributed by atoms with E-state index in [9.17, 15) is 4.39 Å². The van der Waals surface area contributed by atoms with E-state index in [0.717, 1.165) is 12.0 Å². The van der Waals surface area contributed by atoms with E-state index in [-0.39, 0.29) is 11.9 Å². The van der Waals surface area contributed by atoms with Crippen molar-refractivity contribution in [1.29, 1.82) is 0 Å². The molecule has 0 aliphatic rings. The summed E-state index contributed by atoms with van der Waals surface area (Å²) >= 11 is 5.98. The fourth-order valence-electron chi connectivity index (χ4n) is 1.44. The lowest BCUT2D eigenvalue weighted by atomic mass is 10.1. The van der Waals surface area contributed by atoms with Gasteiger partial charge in [-0.3, -0.25) is 0 Å². The van der Waals surface area contributed by atoms with Crippen molar-refractivity contribution in [2.75, 3.05) is 6.61 Å². The van der Waals surface area contributed by atoms with Gasteiger partial charge in [0.05, 0.1) is 11.6 Å². The zero-order chi connectivity index (χ0) is 12.1. The highest BCUT2D eigenvalue weighted by Gasteiger charge is 2.12. The summed E-state index contributed by atoms with van der Waals surface area (Å²) in [5, 5.41) is 0.378. The summed E-state index contributed by atoms with van der Waals surface area (Å²) in [6, 6.07) is 2.61. The maximum atomic E-state index is 13.2. The molecule has 0 bridgehead atoms. The van der Waals surface area contributed by atoms with E-state index in [1.807, 2.05) is 13.8 Å². The van der Waals surface area contributed by atoms with Crippen molar-refractivity contribution in [3.8, 4) is 5.75 Å². The number of nitrogens with two attached hydrogens (primary N) is 1. The Bertz CT molecular complexity index is 355. The van der Waals surface area contributed by atoms with Crippen LogP contribution in [0, 0.1) is 5.82 Å². The molecule has 0 aliphatic carbocycles. The Morgan fingerprint density at radius 2 is 2.19 bits per heavy atom. The Morgan fingerprint density at radius 3 is 2.75 bits per heavy atom. The Morgan fingerprint density at radius 1 is 1.50 bits per heavy atom. The molecule has 2 N–H and O–H groups in total. The first-order chi connectivity index (χ1) is 7.54. The summed E-state index contributed by atoms with van der Waals surface area (Å²) in [6.45, 7) is 4.42. The van der Waals surface area contributed by atoms with Crippen LogP contribution in [0.5, 0.6) is 5.75 Å². The molecule has 1 atom stereocenters. The molecular formula is C12H17ClFNO. The molecule has 0 aromatic heterocycles. The van der Waals surface area contributed by atoms with E-state index in [0.29, 0.717) is 23.8 Å². The van der Waals surface area contributed by atoms with E-state index in [1.54, 1.807) is 0 Å². The molecule has 0 spiro atoms.